The smallest absolute Gasteiger partial charge is 0.127 e. The Kier molecular flexibility index (Phi) is 4.48. The van der Waals surface area contributed by atoms with Crippen LogP contribution in [0.3, 0.4) is 0 Å². The summed E-state index contributed by atoms with van der Waals surface area (Å²) < 4.78 is 13.0. The summed E-state index contributed by atoms with van der Waals surface area (Å²) in [6.45, 7) is 0. The van der Waals surface area contributed by atoms with Crippen LogP contribution in [0.5, 0.6) is 0 Å². The van der Waals surface area contributed by atoms with Gasteiger partial charge in [-0.05, 0) is 11.6 Å². The van der Waals surface area contributed by atoms with E-state index in [-0.39, 0.29) is 5.82 Å². The number of alkyl halides is 1. The van der Waals surface area contributed by atoms with Crippen LogP contribution in [-0.2, 0) is 5.75 Å². The monoisotopic (exact) mass is 204 g/mol. The summed E-state index contributed by atoms with van der Waals surface area (Å²) in [6.07, 6.45) is 0. The first-order valence-corrected chi connectivity index (χ1v) is 5.40. The van der Waals surface area contributed by atoms with Crippen molar-refractivity contribution in [1.82, 2.24) is 0 Å². The van der Waals surface area contributed by atoms with E-state index >= 15 is 0 Å². The minimum absolute atomic E-state index is 0.125. The molecule has 0 atom stereocenters. The summed E-state index contributed by atoms with van der Waals surface area (Å²) in [5, 5.41) is 0. The van der Waals surface area contributed by atoms with Gasteiger partial charge in [-0.25, -0.2) is 4.39 Å². The van der Waals surface area contributed by atoms with E-state index < -0.39 is 0 Å². The van der Waals surface area contributed by atoms with Crippen molar-refractivity contribution >= 4 is 23.4 Å². The summed E-state index contributed by atoms with van der Waals surface area (Å²) in [5.74, 6) is 2.08. The maximum Gasteiger partial charge on any atom is 0.127 e. The Morgan fingerprint density at radius 3 is 2.75 bits per heavy atom. The summed E-state index contributed by atoms with van der Waals surface area (Å²) >= 11 is 7.14. The Morgan fingerprint density at radius 2 is 2.08 bits per heavy atom. The third-order valence-electron chi connectivity index (χ3n) is 1.44. The molecule has 0 N–H and O–H groups in total. The van der Waals surface area contributed by atoms with Gasteiger partial charge in [-0.15, -0.1) is 11.6 Å². The lowest BCUT2D eigenvalue weighted by Crippen LogP contribution is -1.88. The van der Waals surface area contributed by atoms with Crippen molar-refractivity contribution < 1.29 is 4.39 Å². The van der Waals surface area contributed by atoms with Crippen LogP contribution in [0.4, 0.5) is 4.39 Å². The van der Waals surface area contributed by atoms with Crippen molar-refractivity contribution in [3.05, 3.63) is 35.6 Å². The van der Waals surface area contributed by atoms with Crippen molar-refractivity contribution in [2.45, 2.75) is 5.75 Å². The Balaban J connectivity index is 2.46. The molecule has 0 radical (unpaired) electrons. The highest BCUT2D eigenvalue weighted by Gasteiger charge is 1.98. The first-order chi connectivity index (χ1) is 5.84. The molecule has 0 bridgehead atoms. The van der Waals surface area contributed by atoms with E-state index in [4.69, 9.17) is 11.6 Å². The predicted molar refractivity (Wildman–Crippen MR) is 53.3 cm³/mol. The van der Waals surface area contributed by atoms with Crippen LogP contribution in [0.15, 0.2) is 24.3 Å². The molecule has 0 aliphatic carbocycles. The zero-order valence-electron chi connectivity index (χ0n) is 6.59. The van der Waals surface area contributed by atoms with Crippen LogP contribution in [0.1, 0.15) is 5.56 Å². The lowest BCUT2D eigenvalue weighted by molar-refractivity contribution is 0.617. The van der Waals surface area contributed by atoms with Gasteiger partial charge >= 0.3 is 0 Å². The highest BCUT2D eigenvalue weighted by atomic mass is 35.5. The lowest BCUT2D eigenvalue weighted by atomic mass is 10.2. The van der Waals surface area contributed by atoms with Crippen molar-refractivity contribution in [2.75, 3.05) is 11.6 Å². The molecule has 1 rings (SSSR count). The maximum absolute atomic E-state index is 13.0. The average Bonchev–Trinajstić information content (AvgIpc) is 2.09. The molecule has 0 unspecified atom stereocenters. The van der Waals surface area contributed by atoms with Gasteiger partial charge in [0.2, 0.25) is 0 Å². The zero-order valence-corrected chi connectivity index (χ0v) is 8.17. The minimum Gasteiger partial charge on any atom is -0.207 e. The fraction of sp³-hybridized carbons (Fsp3) is 0.333. The normalized spacial score (nSPS) is 10.2. The first-order valence-electron chi connectivity index (χ1n) is 3.71. The average molecular weight is 205 g/mol. The first kappa shape index (κ1) is 9.87. The number of thioether (sulfide) groups is 1. The summed E-state index contributed by atoms with van der Waals surface area (Å²) in [4.78, 5) is 0. The fourth-order valence-electron chi connectivity index (χ4n) is 0.852. The van der Waals surface area contributed by atoms with Gasteiger partial charge in [0.05, 0.1) is 0 Å². The van der Waals surface area contributed by atoms with Gasteiger partial charge in [0.15, 0.2) is 0 Å². The van der Waals surface area contributed by atoms with Crippen molar-refractivity contribution in [1.29, 1.82) is 0 Å². The van der Waals surface area contributed by atoms with E-state index in [9.17, 15) is 4.39 Å². The van der Waals surface area contributed by atoms with Crippen molar-refractivity contribution in [2.24, 2.45) is 0 Å². The number of benzene rings is 1. The third-order valence-corrected chi connectivity index (χ3v) is 2.86. The number of hydrogen-bond donors (Lipinski definition) is 0. The standard InChI is InChI=1S/C9H10ClFS/c10-5-6-12-7-8-3-1-2-4-9(8)11/h1-4H,5-7H2. The second kappa shape index (κ2) is 5.44. The van der Waals surface area contributed by atoms with Crippen LogP contribution in [0.25, 0.3) is 0 Å². The van der Waals surface area contributed by atoms with Gasteiger partial charge < -0.3 is 0 Å². The van der Waals surface area contributed by atoms with Gasteiger partial charge in [0.1, 0.15) is 5.82 Å². The van der Waals surface area contributed by atoms with E-state index in [1.54, 1.807) is 23.9 Å². The van der Waals surface area contributed by atoms with Crippen LogP contribution >= 0.6 is 23.4 Å². The molecule has 0 amide bonds. The largest absolute Gasteiger partial charge is 0.207 e. The van der Waals surface area contributed by atoms with Gasteiger partial charge in [0, 0.05) is 17.4 Å². The van der Waals surface area contributed by atoms with Crippen LogP contribution in [-0.4, -0.2) is 11.6 Å². The highest BCUT2D eigenvalue weighted by Crippen LogP contribution is 2.14. The van der Waals surface area contributed by atoms with Crippen LogP contribution in [0.2, 0.25) is 0 Å². The molecule has 0 aromatic heterocycles. The van der Waals surface area contributed by atoms with Crippen LogP contribution in [0, 0.1) is 5.82 Å². The molecule has 0 saturated heterocycles. The molecule has 0 aliphatic rings. The van der Waals surface area contributed by atoms with Crippen LogP contribution < -0.4 is 0 Å². The topological polar surface area (TPSA) is 0 Å². The summed E-state index contributed by atoms with van der Waals surface area (Å²) in [5.41, 5.74) is 0.757. The molecule has 12 heavy (non-hydrogen) atoms. The van der Waals surface area contributed by atoms with E-state index in [1.807, 2.05) is 6.07 Å². The third kappa shape index (κ3) is 3.03. The fourth-order valence-corrected chi connectivity index (χ4v) is 1.89. The molecule has 0 fully saturated rings. The highest BCUT2D eigenvalue weighted by molar-refractivity contribution is 7.98. The Hall–Kier alpha value is -0.210. The Morgan fingerprint density at radius 1 is 1.33 bits per heavy atom. The molecular formula is C9H10ClFS. The maximum atomic E-state index is 13.0. The van der Waals surface area contributed by atoms with Gasteiger partial charge in [-0.3, -0.25) is 0 Å². The number of halogens is 2. The molecule has 1 aromatic carbocycles. The van der Waals surface area contributed by atoms with Crippen molar-refractivity contribution in [3.8, 4) is 0 Å². The van der Waals surface area contributed by atoms with Crippen molar-refractivity contribution in [3.63, 3.8) is 0 Å². The van der Waals surface area contributed by atoms with E-state index in [0.29, 0.717) is 11.6 Å². The molecule has 0 saturated carbocycles. The van der Waals surface area contributed by atoms with Gasteiger partial charge in [0.25, 0.3) is 0 Å². The molecular weight excluding hydrogens is 195 g/mol. The van der Waals surface area contributed by atoms with E-state index in [0.717, 1.165) is 11.3 Å². The van der Waals surface area contributed by atoms with Gasteiger partial charge in [-0.2, -0.15) is 11.8 Å². The lowest BCUT2D eigenvalue weighted by Gasteiger charge is -2.00. The molecule has 3 heteroatoms. The van der Waals surface area contributed by atoms with E-state index in [2.05, 4.69) is 0 Å². The molecule has 0 nitrogen and oxygen atoms in total. The quantitative estimate of drug-likeness (QED) is 0.536. The molecule has 1 aromatic rings. The second-order valence-electron chi connectivity index (χ2n) is 2.33. The molecule has 0 heterocycles. The van der Waals surface area contributed by atoms with E-state index in [1.165, 1.54) is 6.07 Å². The molecule has 0 aliphatic heterocycles. The molecule has 66 valence electrons. The number of rotatable bonds is 4. The minimum atomic E-state index is -0.125. The SMILES string of the molecule is Fc1ccccc1CSCCCl. The summed E-state index contributed by atoms with van der Waals surface area (Å²) in [6, 6.07) is 6.83. The second-order valence-corrected chi connectivity index (χ2v) is 3.82. The van der Waals surface area contributed by atoms with Gasteiger partial charge in [-0.1, -0.05) is 18.2 Å². The Labute approximate surface area is 81.1 Å². The predicted octanol–water partition coefficient (Wildman–Crippen LogP) is 3.30. The number of hydrogen-bond acceptors (Lipinski definition) is 1. The zero-order chi connectivity index (χ0) is 8.81. The molecule has 0 spiro atoms. The Bertz CT molecular complexity index is 240. The summed E-state index contributed by atoms with van der Waals surface area (Å²) in [7, 11) is 0.